The molecular weight excluding hydrogens is 180 g/mol. The molecule has 0 fully saturated rings. The maximum absolute atomic E-state index is 10.8. The third kappa shape index (κ3) is 2.33. The van der Waals surface area contributed by atoms with Crippen LogP contribution in [0, 0.1) is 0 Å². The number of hydrogen-bond donors (Lipinski definition) is 0. The van der Waals surface area contributed by atoms with Crippen LogP contribution in [0.4, 0.5) is 0 Å². The van der Waals surface area contributed by atoms with Gasteiger partial charge in [-0.15, -0.1) is 0 Å². The lowest BCUT2D eigenvalue weighted by Crippen LogP contribution is -2.39. The lowest BCUT2D eigenvalue weighted by molar-refractivity contribution is -0.171. The minimum atomic E-state index is -1.15. The summed E-state index contributed by atoms with van der Waals surface area (Å²) in [7, 11) is 1.46. The number of methoxy groups -OCH3 is 1. The highest BCUT2D eigenvalue weighted by molar-refractivity contribution is 5.60. The van der Waals surface area contributed by atoms with E-state index >= 15 is 0 Å². The van der Waals surface area contributed by atoms with Crippen molar-refractivity contribution in [2.75, 3.05) is 7.11 Å². The second-order valence-corrected chi connectivity index (χ2v) is 2.90. The number of ether oxygens (including phenoxy) is 2. The molecule has 0 aromatic heterocycles. The van der Waals surface area contributed by atoms with E-state index < -0.39 is 5.79 Å². The minimum absolute atomic E-state index is 0.474. The SMILES string of the molecule is CCC(C=O)(OC)Oc1ccccc1. The van der Waals surface area contributed by atoms with Gasteiger partial charge in [0.25, 0.3) is 5.79 Å². The molecular formula is C11H14O3. The maximum Gasteiger partial charge on any atom is 0.266 e. The van der Waals surface area contributed by atoms with Crippen LogP contribution in [0.15, 0.2) is 30.3 Å². The van der Waals surface area contributed by atoms with Crippen molar-refractivity contribution in [2.24, 2.45) is 0 Å². The summed E-state index contributed by atoms with van der Waals surface area (Å²) in [4.78, 5) is 10.8. The van der Waals surface area contributed by atoms with Gasteiger partial charge in [-0.25, -0.2) is 0 Å². The number of hydrogen-bond acceptors (Lipinski definition) is 3. The van der Waals surface area contributed by atoms with Crippen LogP contribution < -0.4 is 4.74 Å². The van der Waals surface area contributed by atoms with E-state index in [2.05, 4.69) is 0 Å². The zero-order chi connectivity index (χ0) is 10.4. The molecule has 0 radical (unpaired) electrons. The Hall–Kier alpha value is -1.35. The summed E-state index contributed by atoms with van der Waals surface area (Å²) in [5.41, 5.74) is 0. The number of aldehydes is 1. The Morgan fingerprint density at radius 1 is 1.36 bits per heavy atom. The van der Waals surface area contributed by atoms with E-state index in [1.807, 2.05) is 25.1 Å². The van der Waals surface area contributed by atoms with Crippen LogP contribution in [0.1, 0.15) is 13.3 Å². The topological polar surface area (TPSA) is 35.5 Å². The molecule has 0 heterocycles. The molecule has 0 aliphatic carbocycles. The van der Waals surface area contributed by atoms with Crippen LogP contribution in [0.2, 0.25) is 0 Å². The standard InChI is InChI=1S/C11H14O3/c1-3-11(9-12,13-2)14-10-7-5-4-6-8-10/h4-9H,3H2,1-2H3. The molecule has 0 bridgehead atoms. The first-order chi connectivity index (χ1) is 6.76. The average Bonchev–Trinajstić information content (AvgIpc) is 2.28. The fourth-order valence-electron chi connectivity index (χ4n) is 1.10. The second kappa shape index (κ2) is 4.77. The summed E-state index contributed by atoms with van der Waals surface area (Å²) >= 11 is 0. The zero-order valence-corrected chi connectivity index (χ0v) is 8.40. The fourth-order valence-corrected chi connectivity index (χ4v) is 1.10. The van der Waals surface area contributed by atoms with E-state index in [1.165, 1.54) is 7.11 Å². The minimum Gasteiger partial charge on any atom is -0.455 e. The lowest BCUT2D eigenvalue weighted by Gasteiger charge is -2.25. The Balaban J connectivity index is 2.79. The van der Waals surface area contributed by atoms with Gasteiger partial charge >= 0.3 is 0 Å². The molecule has 0 saturated carbocycles. The van der Waals surface area contributed by atoms with Gasteiger partial charge in [0.2, 0.25) is 0 Å². The second-order valence-electron chi connectivity index (χ2n) is 2.90. The van der Waals surface area contributed by atoms with Crippen molar-refractivity contribution in [3.63, 3.8) is 0 Å². The molecule has 0 aliphatic rings. The highest BCUT2D eigenvalue weighted by atomic mass is 16.7. The normalized spacial score (nSPS) is 14.4. The summed E-state index contributed by atoms with van der Waals surface area (Å²) in [6.07, 6.45) is 1.15. The summed E-state index contributed by atoms with van der Waals surface area (Å²) in [6.45, 7) is 1.83. The highest BCUT2D eigenvalue weighted by Gasteiger charge is 2.29. The van der Waals surface area contributed by atoms with E-state index in [9.17, 15) is 4.79 Å². The number of carbonyl (C=O) groups is 1. The van der Waals surface area contributed by atoms with Gasteiger partial charge in [0.1, 0.15) is 5.75 Å². The molecule has 0 N–H and O–H groups in total. The predicted octanol–water partition coefficient (Wildman–Crippen LogP) is 2.02. The van der Waals surface area contributed by atoms with E-state index in [0.29, 0.717) is 18.5 Å². The van der Waals surface area contributed by atoms with Crippen molar-refractivity contribution in [3.8, 4) is 5.75 Å². The quantitative estimate of drug-likeness (QED) is 0.531. The van der Waals surface area contributed by atoms with Crippen LogP contribution in [0.3, 0.4) is 0 Å². The molecule has 0 amide bonds. The predicted molar refractivity (Wildman–Crippen MR) is 53.2 cm³/mol. The van der Waals surface area contributed by atoms with Crippen LogP contribution in [-0.4, -0.2) is 19.2 Å². The van der Waals surface area contributed by atoms with Crippen molar-refractivity contribution in [1.82, 2.24) is 0 Å². The molecule has 3 heteroatoms. The van der Waals surface area contributed by atoms with E-state index in [4.69, 9.17) is 9.47 Å². The van der Waals surface area contributed by atoms with Gasteiger partial charge in [0.15, 0.2) is 6.29 Å². The number of benzene rings is 1. The summed E-state index contributed by atoms with van der Waals surface area (Å²) < 4.78 is 10.5. The van der Waals surface area contributed by atoms with Gasteiger partial charge in [0.05, 0.1) is 0 Å². The van der Waals surface area contributed by atoms with Gasteiger partial charge < -0.3 is 9.47 Å². The van der Waals surface area contributed by atoms with Crippen LogP contribution in [0.5, 0.6) is 5.75 Å². The Bertz CT molecular complexity index is 278. The van der Waals surface area contributed by atoms with Crippen molar-refractivity contribution < 1.29 is 14.3 Å². The fraction of sp³-hybridized carbons (Fsp3) is 0.364. The van der Waals surface area contributed by atoms with Gasteiger partial charge in [0, 0.05) is 13.5 Å². The van der Waals surface area contributed by atoms with Crippen molar-refractivity contribution in [1.29, 1.82) is 0 Å². The smallest absolute Gasteiger partial charge is 0.266 e. The highest BCUT2D eigenvalue weighted by Crippen LogP contribution is 2.19. The number of carbonyl (C=O) groups excluding carboxylic acids is 1. The average molecular weight is 194 g/mol. The van der Waals surface area contributed by atoms with Crippen LogP contribution in [0.25, 0.3) is 0 Å². The van der Waals surface area contributed by atoms with E-state index in [1.54, 1.807) is 12.1 Å². The molecule has 0 aliphatic heterocycles. The Kier molecular flexibility index (Phi) is 3.65. The molecule has 1 aromatic carbocycles. The largest absolute Gasteiger partial charge is 0.455 e. The van der Waals surface area contributed by atoms with Gasteiger partial charge in [-0.05, 0) is 12.1 Å². The Labute approximate surface area is 83.6 Å². The molecule has 3 nitrogen and oxygen atoms in total. The Morgan fingerprint density at radius 3 is 2.43 bits per heavy atom. The monoisotopic (exact) mass is 194 g/mol. The zero-order valence-electron chi connectivity index (χ0n) is 8.40. The van der Waals surface area contributed by atoms with Crippen LogP contribution >= 0.6 is 0 Å². The van der Waals surface area contributed by atoms with Crippen molar-refractivity contribution in [2.45, 2.75) is 19.1 Å². The maximum atomic E-state index is 10.8. The van der Waals surface area contributed by atoms with Crippen molar-refractivity contribution >= 4 is 6.29 Å². The summed E-state index contributed by atoms with van der Waals surface area (Å²) in [6, 6.07) is 9.14. The van der Waals surface area contributed by atoms with E-state index in [0.717, 1.165) is 0 Å². The number of para-hydroxylation sites is 1. The molecule has 1 aromatic rings. The first-order valence-corrected chi connectivity index (χ1v) is 4.52. The van der Waals surface area contributed by atoms with Crippen LogP contribution in [-0.2, 0) is 9.53 Å². The molecule has 1 atom stereocenters. The lowest BCUT2D eigenvalue weighted by atomic mass is 10.2. The van der Waals surface area contributed by atoms with Gasteiger partial charge in [-0.2, -0.15) is 0 Å². The van der Waals surface area contributed by atoms with Gasteiger partial charge in [-0.1, -0.05) is 25.1 Å². The molecule has 76 valence electrons. The van der Waals surface area contributed by atoms with Gasteiger partial charge in [-0.3, -0.25) is 4.79 Å². The molecule has 1 unspecified atom stereocenters. The summed E-state index contributed by atoms with van der Waals surface area (Å²) in [5.74, 6) is -0.523. The molecule has 0 saturated heterocycles. The Morgan fingerprint density at radius 2 is 2.00 bits per heavy atom. The first-order valence-electron chi connectivity index (χ1n) is 4.52. The van der Waals surface area contributed by atoms with E-state index in [-0.39, 0.29) is 0 Å². The molecule has 0 spiro atoms. The molecule has 14 heavy (non-hydrogen) atoms. The first kappa shape index (κ1) is 10.7. The third-order valence-corrected chi connectivity index (χ3v) is 2.05. The number of rotatable bonds is 5. The summed E-state index contributed by atoms with van der Waals surface area (Å²) in [5, 5.41) is 0. The van der Waals surface area contributed by atoms with Crippen molar-refractivity contribution in [3.05, 3.63) is 30.3 Å². The molecule has 1 rings (SSSR count). The third-order valence-electron chi connectivity index (χ3n) is 2.05.